The van der Waals surface area contributed by atoms with Gasteiger partial charge in [0.2, 0.25) is 0 Å². The zero-order valence-electron chi connectivity index (χ0n) is 9.87. The van der Waals surface area contributed by atoms with Crippen molar-refractivity contribution in [2.24, 2.45) is 10.9 Å². The van der Waals surface area contributed by atoms with Gasteiger partial charge in [0.1, 0.15) is 0 Å². The fourth-order valence-electron chi connectivity index (χ4n) is 2.79. The van der Waals surface area contributed by atoms with E-state index in [1.165, 1.54) is 51.4 Å². The first-order valence-corrected chi connectivity index (χ1v) is 6.60. The van der Waals surface area contributed by atoms with Gasteiger partial charge in [-0.15, -0.1) is 0 Å². The molecule has 0 aromatic rings. The van der Waals surface area contributed by atoms with Gasteiger partial charge in [-0.1, -0.05) is 25.7 Å². The van der Waals surface area contributed by atoms with E-state index in [1.807, 2.05) is 0 Å². The lowest BCUT2D eigenvalue weighted by Crippen LogP contribution is -2.25. The first-order valence-electron chi connectivity index (χ1n) is 6.60. The van der Waals surface area contributed by atoms with Crippen molar-refractivity contribution in [2.75, 3.05) is 6.61 Å². The fourth-order valence-corrected chi connectivity index (χ4v) is 2.79. The Morgan fingerprint density at radius 1 is 1.07 bits per heavy atom. The number of aliphatic imine (C=N–C) groups is 1. The van der Waals surface area contributed by atoms with Crippen LogP contribution in [-0.2, 0) is 4.74 Å². The van der Waals surface area contributed by atoms with Crippen LogP contribution in [0.1, 0.15) is 58.3 Å². The third-order valence-electron chi connectivity index (χ3n) is 3.63. The second kappa shape index (κ2) is 5.53. The maximum Gasteiger partial charge on any atom is 0.186 e. The number of nitrogens with zero attached hydrogens (tertiary/aromatic N) is 1. The predicted molar refractivity (Wildman–Crippen MR) is 63.3 cm³/mol. The Kier molecular flexibility index (Phi) is 4.04. The molecule has 0 aromatic carbocycles. The second-order valence-electron chi connectivity index (χ2n) is 4.82. The standard InChI is InChI=1S/C13H23NO/c1-2-15-13-11-7-3-5-9-12(14-13)10-6-4-8-11/h11-12H,2-10H2,1H3. The molecule has 0 saturated carbocycles. The first kappa shape index (κ1) is 11.0. The molecule has 0 N–H and O–H groups in total. The summed E-state index contributed by atoms with van der Waals surface area (Å²) in [6, 6.07) is 0.564. The molecule has 2 heteroatoms. The molecule has 0 radical (unpaired) electrons. The molecule has 0 saturated heterocycles. The van der Waals surface area contributed by atoms with E-state index in [9.17, 15) is 0 Å². The van der Waals surface area contributed by atoms with Crippen LogP contribution in [-0.4, -0.2) is 18.5 Å². The molecule has 2 aliphatic rings. The Bertz CT molecular complexity index is 213. The van der Waals surface area contributed by atoms with Gasteiger partial charge in [-0.2, -0.15) is 0 Å². The fraction of sp³-hybridized carbons (Fsp3) is 0.923. The lowest BCUT2D eigenvalue weighted by molar-refractivity contribution is 0.270. The van der Waals surface area contributed by atoms with E-state index in [2.05, 4.69) is 6.92 Å². The van der Waals surface area contributed by atoms with Gasteiger partial charge in [0.05, 0.1) is 12.6 Å². The maximum atomic E-state index is 5.74. The van der Waals surface area contributed by atoms with Crippen LogP contribution in [0.15, 0.2) is 4.99 Å². The molecule has 86 valence electrons. The molecule has 0 atom stereocenters. The summed E-state index contributed by atoms with van der Waals surface area (Å²) in [7, 11) is 0. The van der Waals surface area contributed by atoms with Crippen molar-refractivity contribution in [3.63, 3.8) is 0 Å². The van der Waals surface area contributed by atoms with E-state index in [4.69, 9.17) is 9.73 Å². The van der Waals surface area contributed by atoms with Gasteiger partial charge in [0, 0.05) is 5.92 Å². The zero-order chi connectivity index (χ0) is 10.5. The zero-order valence-corrected chi connectivity index (χ0v) is 9.87. The topological polar surface area (TPSA) is 21.6 Å². The van der Waals surface area contributed by atoms with Crippen molar-refractivity contribution in [3.8, 4) is 0 Å². The summed E-state index contributed by atoms with van der Waals surface area (Å²) in [6.07, 6.45) is 10.6. The molecular formula is C13H23NO. The lowest BCUT2D eigenvalue weighted by Gasteiger charge is -2.27. The third kappa shape index (κ3) is 2.96. The number of hydrogen-bond donors (Lipinski definition) is 0. The summed E-state index contributed by atoms with van der Waals surface area (Å²) >= 11 is 0. The first-order chi connectivity index (χ1) is 7.40. The van der Waals surface area contributed by atoms with Crippen LogP contribution in [0.3, 0.4) is 0 Å². The number of ether oxygens (including phenoxy) is 1. The smallest absolute Gasteiger partial charge is 0.186 e. The molecule has 2 heterocycles. The highest BCUT2D eigenvalue weighted by Crippen LogP contribution is 2.28. The molecule has 0 aliphatic carbocycles. The Labute approximate surface area is 93.1 Å². The van der Waals surface area contributed by atoms with Crippen LogP contribution in [0.25, 0.3) is 0 Å². The van der Waals surface area contributed by atoms with Gasteiger partial charge in [0.15, 0.2) is 5.90 Å². The predicted octanol–water partition coefficient (Wildman–Crippen LogP) is 3.55. The average Bonchev–Trinajstić information content (AvgIpc) is 2.21. The highest BCUT2D eigenvalue weighted by Gasteiger charge is 2.23. The summed E-state index contributed by atoms with van der Waals surface area (Å²) in [5, 5.41) is 0. The normalized spacial score (nSPS) is 32.2. The minimum atomic E-state index is 0.564. The molecular weight excluding hydrogens is 186 g/mol. The molecule has 15 heavy (non-hydrogen) atoms. The van der Waals surface area contributed by atoms with Crippen LogP contribution in [0.4, 0.5) is 0 Å². The number of fused-ring (bicyclic) bond motifs is 2. The van der Waals surface area contributed by atoms with Crippen molar-refractivity contribution >= 4 is 5.90 Å². The monoisotopic (exact) mass is 209 g/mol. The van der Waals surface area contributed by atoms with Crippen molar-refractivity contribution in [1.82, 2.24) is 0 Å². The van der Waals surface area contributed by atoms with Gasteiger partial charge in [-0.05, 0) is 32.6 Å². The van der Waals surface area contributed by atoms with Gasteiger partial charge in [0.25, 0.3) is 0 Å². The second-order valence-corrected chi connectivity index (χ2v) is 4.82. The SMILES string of the molecule is CCOC1=NC2CCCCC1CCCC2. The van der Waals surface area contributed by atoms with Gasteiger partial charge >= 0.3 is 0 Å². The minimum absolute atomic E-state index is 0.564. The molecule has 0 fully saturated rings. The van der Waals surface area contributed by atoms with Crippen LogP contribution >= 0.6 is 0 Å². The average molecular weight is 209 g/mol. The summed E-state index contributed by atoms with van der Waals surface area (Å²) in [4.78, 5) is 4.84. The molecule has 0 amide bonds. The molecule has 2 rings (SSSR count). The van der Waals surface area contributed by atoms with E-state index < -0.39 is 0 Å². The van der Waals surface area contributed by atoms with Crippen LogP contribution in [0, 0.1) is 5.92 Å². The lowest BCUT2D eigenvalue weighted by atomic mass is 9.88. The molecule has 2 aliphatic heterocycles. The summed E-state index contributed by atoms with van der Waals surface area (Å²) < 4.78 is 5.74. The highest BCUT2D eigenvalue weighted by atomic mass is 16.5. The molecule has 0 aromatic heterocycles. The van der Waals surface area contributed by atoms with Gasteiger partial charge in [-0.3, -0.25) is 4.99 Å². The molecule has 2 bridgehead atoms. The van der Waals surface area contributed by atoms with Crippen molar-refractivity contribution in [1.29, 1.82) is 0 Å². The van der Waals surface area contributed by atoms with Gasteiger partial charge in [-0.25, -0.2) is 0 Å². The molecule has 0 spiro atoms. The summed E-state index contributed by atoms with van der Waals surface area (Å²) in [5.41, 5.74) is 0. The maximum absolute atomic E-state index is 5.74. The van der Waals surface area contributed by atoms with E-state index in [1.54, 1.807) is 0 Å². The van der Waals surface area contributed by atoms with Crippen LogP contribution in [0.2, 0.25) is 0 Å². The van der Waals surface area contributed by atoms with Crippen LogP contribution < -0.4 is 0 Å². The van der Waals surface area contributed by atoms with Gasteiger partial charge < -0.3 is 4.74 Å². The van der Waals surface area contributed by atoms with Crippen LogP contribution in [0.5, 0.6) is 0 Å². The van der Waals surface area contributed by atoms with E-state index in [-0.39, 0.29) is 0 Å². The molecule has 0 unspecified atom stereocenters. The number of rotatable bonds is 1. The summed E-state index contributed by atoms with van der Waals surface area (Å²) in [5.74, 6) is 1.72. The number of hydrogen-bond acceptors (Lipinski definition) is 2. The van der Waals surface area contributed by atoms with E-state index >= 15 is 0 Å². The summed E-state index contributed by atoms with van der Waals surface area (Å²) in [6.45, 7) is 2.85. The highest BCUT2D eigenvalue weighted by molar-refractivity contribution is 5.79. The van der Waals surface area contributed by atoms with E-state index in [0.29, 0.717) is 12.0 Å². The van der Waals surface area contributed by atoms with Crippen molar-refractivity contribution in [2.45, 2.75) is 64.3 Å². The van der Waals surface area contributed by atoms with Crippen molar-refractivity contribution in [3.05, 3.63) is 0 Å². The van der Waals surface area contributed by atoms with E-state index in [0.717, 1.165) is 12.5 Å². The Morgan fingerprint density at radius 3 is 2.27 bits per heavy atom. The quantitative estimate of drug-likeness (QED) is 0.647. The Morgan fingerprint density at radius 2 is 1.67 bits per heavy atom. The Balaban J connectivity index is 2.14. The molecule has 2 nitrogen and oxygen atoms in total. The Hall–Kier alpha value is -0.530. The third-order valence-corrected chi connectivity index (χ3v) is 3.63. The minimum Gasteiger partial charge on any atom is -0.481 e. The van der Waals surface area contributed by atoms with Crippen molar-refractivity contribution < 1.29 is 4.74 Å². The largest absolute Gasteiger partial charge is 0.481 e.